The molecule has 2 atom stereocenters. The summed E-state index contributed by atoms with van der Waals surface area (Å²) >= 11 is 0. The molecule has 2 aliphatic rings. The van der Waals surface area contributed by atoms with Crippen molar-refractivity contribution in [2.75, 3.05) is 33.2 Å². The molecule has 0 radical (unpaired) electrons. The van der Waals surface area contributed by atoms with Gasteiger partial charge in [-0.2, -0.15) is 0 Å². The van der Waals surface area contributed by atoms with E-state index in [0.29, 0.717) is 0 Å². The first-order valence-corrected chi connectivity index (χ1v) is 7.30. The molecule has 0 spiro atoms. The van der Waals surface area contributed by atoms with E-state index >= 15 is 0 Å². The number of nitrogens with one attached hydrogen (secondary N) is 1. The van der Waals surface area contributed by atoms with Crippen LogP contribution in [0.3, 0.4) is 0 Å². The van der Waals surface area contributed by atoms with Crippen LogP contribution in [0, 0.1) is 5.92 Å². The van der Waals surface area contributed by atoms with Crippen LogP contribution in [0.4, 0.5) is 0 Å². The summed E-state index contributed by atoms with van der Waals surface area (Å²) in [4.78, 5) is 2.54. The number of fused-ring (bicyclic) bond motifs is 1. The summed E-state index contributed by atoms with van der Waals surface area (Å²) in [6.07, 6.45) is 4.03. The molecule has 1 fully saturated rings. The fraction of sp³-hybridized carbons (Fsp3) is 0.625. The van der Waals surface area contributed by atoms with E-state index in [1.165, 1.54) is 45.4 Å². The van der Waals surface area contributed by atoms with Gasteiger partial charge in [-0.15, -0.1) is 0 Å². The van der Waals surface area contributed by atoms with E-state index in [1.54, 1.807) is 11.1 Å². The molecule has 1 aromatic rings. The van der Waals surface area contributed by atoms with Gasteiger partial charge < -0.3 is 10.2 Å². The van der Waals surface area contributed by atoms with Crippen molar-refractivity contribution in [3.63, 3.8) is 0 Å². The lowest BCUT2D eigenvalue weighted by molar-refractivity contribution is 0.227. The highest BCUT2D eigenvalue weighted by atomic mass is 15.1. The Morgan fingerprint density at radius 1 is 1.28 bits per heavy atom. The predicted octanol–water partition coefficient (Wildman–Crippen LogP) is 2.26. The highest BCUT2D eigenvalue weighted by Crippen LogP contribution is 2.35. The van der Waals surface area contributed by atoms with Crippen molar-refractivity contribution in [2.24, 2.45) is 5.92 Å². The SMILES string of the molecule is CN(CC1CCCNC1)CC1Cc2ccccc21. The zero-order chi connectivity index (χ0) is 12.4. The van der Waals surface area contributed by atoms with Gasteiger partial charge >= 0.3 is 0 Å². The smallest absolute Gasteiger partial charge is 0.00507 e. The van der Waals surface area contributed by atoms with Crippen molar-refractivity contribution in [3.05, 3.63) is 35.4 Å². The molecule has 0 aromatic heterocycles. The Labute approximate surface area is 110 Å². The van der Waals surface area contributed by atoms with E-state index in [9.17, 15) is 0 Å². The lowest BCUT2D eigenvalue weighted by Gasteiger charge is -2.35. The second-order valence-electron chi connectivity index (χ2n) is 6.03. The Bertz CT molecular complexity index is 396. The van der Waals surface area contributed by atoms with E-state index < -0.39 is 0 Å². The third-order valence-electron chi connectivity index (χ3n) is 4.46. The number of nitrogens with zero attached hydrogens (tertiary/aromatic N) is 1. The van der Waals surface area contributed by atoms with Gasteiger partial charge in [-0.05, 0) is 56.4 Å². The quantitative estimate of drug-likeness (QED) is 0.874. The van der Waals surface area contributed by atoms with Crippen molar-refractivity contribution >= 4 is 0 Å². The van der Waals surface area contributed by atoms with Crippen LogP contribution < -0.4 is 5.32 Å². The average Bonchev–Trinajstić information content (AvgIpc) is 2.37. The second-order valence-corrected chi connectivity index (χ2v) is 6.03. The van der Waals surface area contributed by atoms with E-state index in [1.807, 2.05) is 0 Å². The Kier molecular flexibility index (Phi) is 3.67. The maximum absolute atomic E-state index is 3.51. The molecule has 1 aromatic carbocycles. The van der Waals surface area contributed by atoms with E-state index in [0.717, 1.165) is 11.8 Å². The Balaban J connectivity index is 1.49. The van der Waals surface area contributed by atoms with Crippen LogP contribution in [0.15, 0.2) is 24.3 Å². The molecule has 0 bridgehead atoms. The number of hydrogen-bond acceptors (Lipinski definition) is 2. The summed E-state index contributed by atoms with van der Waals surface area (Å²) in [5.41, 5.74) is 3.15. The van der Waals surface area contributed by atoms with Crippen molar-refractivity contribution in [1.29, 1.82) is 0 Å². The van der Waals surface area contributed by atoms with Gasteiger partial charge in [0.2, 0.25) is 0 Å². The van der Waals surface area contributed by atoms with Crippen LogP contribution >= 0.6 is 0 Å². The molecule has 2 heteroatoms. The summed E-state index contributed by atoms with van der Waals surface area (Å²) in [6.45, 7) is 4.92. The van der Waals surface area contributed by atoms with Crippen LogP contribution in [0.5, 0.6) is 0 Å². The molecule has 1 N–H and O–H groups in total. The Morgan fingerprint density at radius 3 is 2.94 bits per heavy atom. The molecular weight excluding hydrogens is 220 g/mol. The maximum atomic E-state index is 3.51. The van der Waals surface area contributed by atoms with Crippen LogP contribution in [-0.2, 0) is 6.42 Å². The van der Waals surface area contributed by atoms with Gasteiger partial charge in [0.15, 0.2) is 0 Å². The number of benzene rings is 1. The van der Waals surface area contributed by atoms with Gasteiger partial charge in [0.1, 0.15) is 0 Å². The van der Waals surface area contributed by atoms with Crippen LogP contribution in [-0.4, -0.2) is 38.1 Å². The molecule has 0 amide bonds. The zero-order valence-electron chi connectivity index (χ0n) is 11.4. The molecule has 2 nitrogen and oxygen atoms in total. The summed E-state index contributed by atoms with van der Waals surface area (Å²) < 4.78 is 0. The lowest BCUT2D eigenvalue weighted by atomic mass is 9.77. The third-order valence-corrected chi connectivity index (χ3v) is 4.46. The fourth-order valence-corrected chi connectivity index (χ4v) is 3.50. The van der Waals surface area contributed by atoms with Crippen molar-refractivity contribution < 1.29 is 0 Å². The van der Waals surface area contributed by atoms with Crippen molar-refractivity contribution in [1.82, 2.24) is 10.2 Å². The molecule has 1 saturated heterocycles. The number of likely N-dealkylation sites (N-methyl/N-ethyl adjacent to an activating group) is 1. The molecular formula is C16H24N2. The average molecular weight is 244 g/mol. The Morgan fingerprint density at radius 2 is 2.17 bits per heavy atom. The monoisotopic (exact) mass is 244 g/mol. The van der Waals surface area contributed by atoms with Crippen LogP contribution in [0.25, 0.3) is 0 Å². The summed E-state index contributed by atoms with van der Waals surface area (Å²) in [5, 5.41) is 3.51. The first kappa shape index (κ1) is 12.2. The number of hydrogen-bond donors (Lipinski definition) is 1. The summed E-state index contributed by atoms with van der Waals surface area (Å²) in [6, 6.07) is 8.92. The van der Waals surface area contributed by atoms with E-state index in [2.05, 4.69) is 41.5 Å². The standard InChI is InChI=1S/C16H24N2/c1-18(11-13-5-4-8-17-10-13)12-15-9-14-6-2-3-7-16(14)15/h2-3,6-7,13,15,17H,4-5,8-12H2,1H3. The highest BCUT2D eigenvalue weighted by molar-refractivity contribution is 5.40. The molecule has 2 unspecified atom stereocenters. The van der Waals surface area contributed by atoms with Crippen LogP contribution in [0.1, 0.15) is 29.9 Å². The van der Waals surface area contributed by atoms with Gasteiger partial charge in [0.05, 0.1) is 0 Å². The highest BCUT2D eigenvalue weighted by Gasteiger charge is 2.27. The molecule has 1 heterocycles. The van der Waals surface area contributed by atoms with Gasteiger partial charge in [-0.1, -0.05) is 24.3 Å². The molecule has 98 valence electrons. The minimum Gasteiger partial charge on any atom is -0.316 e. The largest absolute Gasteiger partial charge is 0.316 e. The fourth-order valence-electron chi connectivity index (χ4n) is 3.50. The van der Waals surface area contributed by atoms with Gasteiger partial charge in [0, 0.05) is 19.0 Å². The third kappa shape index (κ3) is 2.60. The minimum atomic E-state index is 0.780. The number of piperidine rings is 1. The summed E-state index contributed by atoms with van der Waals surface area (Å²) in [5.74, 6) is 1.64. The molecule has 18 heavy (non-hydrogen) atoms. The van der Waals surface area contributed by atoms with Gasteiger partial charge in [0.25, 0.3) is 0 Å². The summed E-state index contributed by atoms with van der Waals surface area (Å²) in [7, 11) is 2.29. The Hall–Kier alpha value is -0.860. The first-order valence-electron chi connectivity index (χ1n) is 7.30. The second kappa shape index (κ2) is 5.41. The first-order chi connectivity index (χ1) is 8.83. The van der Waals surface area contributed by atoms with Gasteiger partial charge in [-0.25, -0.2) is 0 Å². The minimum absolute atomic E-state index is 0.780. The molecule has 0 saturated carbocycles. The normalized spacial score (nSPS) is 26.8. The van der Waals surface area contributed by atoms with E-state index in [-0.39, 0.29) is 0 Å². The topological polar surface area (TPSA) is 15.3 Å². The zero-order valence-corrected chi connectivity index (χ0v) is 11.4. The lowest BCUT2D eigenvalue weighted by Crippen LogP contribution is -2.39. The van der Waals surface area contributed by atoms with E-state index in [4.69, 9.17) is 0 Å². The van der Waals surface area contributed by atoms with Gasteiger partial charge in [-0.3, -0.25) is 0 Å². The molecule has 1 aliphatic carbocycles. The van der Waals surface area contributed by atoms with Crippen molar-refractivity contribution in [3.8, 4) is 0 Å². The molecule has 3 rings (SSSR count). The molecule has 1 aliphatic heterocycles. The maximum Gasteiger partial charge on any atom is 0.00507 e. The van der Waals surface area contributed by atoms with Crippen LogP contribution in [0.2, 0.25) is 0 Å². The number of rotatable bonds is 4. The predicted molar refractivity (Wildman–Crippen MR) is 76.0 cm³/mol. The van der Waals surface area contributed by atoms with Crippen molar-refractivity contribution in [2.45, 2.75) is 25.2 Å².